The predicted octanol–water partition coefficient (Wildman–Crippen LogP) is 2.78. The molecule has 1 rings (SSSR count). The first kappa shape index (κ1) is 9.83. The molecule has 1 aliphatic heterocycles. The summed E-state index contributed by atoms with van der Waals surface area (Å²) in [6.07, 6.45) is 2.56. The Bertz CT molecular complexity index is 43.8. The normalized spacial score (nSPS) is 17.3. The largest absolute Gasteiger partial charge is 0.381 e. The molecule has 0 bridgehead atoms. The molecule has 0 saturated carbocycles. The van der Waals surface area contributed by atoms with Gasteiger partial charge in [-0.3, -0.25) is 0 Å². The zero-order valence-electron chi connectivity index (χ0n) is 4.95. The van der Waals surface area contributed by atoms with Gasteiger partial charge in [-0.25, -0.2) is 0 Å². The molecule has 0 aromatic rings. The van der Waals surface area contributed by atoms with Crippen molar-refractivity contribution in [3.8, 4) is 0 Å². The van der Waals surface area contributed by atoms with Gasteiger partial charge in [-0.15, -0.1) is 0 Å². The van der Waals surface area contributed by atoms with E-state index >= 15 is 0 Å². The molecule has 1 saturated heterocycles. The van der Waals surface area contributed by atoms with Crippen LogP contribution in [0.2, 0.25) is 0 Å². The first-order valence-corrected chi connectivity index (χ1v) is 4.04. The highest BCUT2D eigenvalue weighted by Gasteiger charge is 1.94. The molecule has 0 spiro atoms. The van der Waals surface area contributed by atoms with Crippen molar-refractivity contribution >= 4 is 34.8 Å². The highest BCUT2D eigenvalue weighted by atomic mass is 35.6. The van der Waals surface area contributed by atoms with Crippen molar-refractivity contribution in [1.82, 2.24) is 0 Å². The van der Waals surface area contributed by atoms with Crippen molar-refractivity contribution in [1.29, 1.82) is 0 Å². The van der Waals surface area contributed by atoms with Crippen LogP contribution in [0.25, 0.3) is 0 Å². The van der Waals surface area contributed by atoms with E-state index in [-0.39, 0.29) is 0 Å². The summed E-state index contributed by atoms with van der Waals surface area (Å²) >= 11 is 14.4. The van der Waals surface area contributed by atoms with Crippen LogP contribution < -0.4 is 0 Å². The zero-order chi connectivity index (χ0) is 7.11. The van der Waals surface area contributed by atoms with E-state index in [4.69, 9.17) is 39.5 Å². The van der Waals surface area contributed by atoms with Gasteiger partial charge in [-0.1, -0.05) is 34.8 Å². The second-order valence-corrected chi connectivity index (χ2v) is 3.55. The maximum Gasteiger partial charge on any atom is 0.180 e. The fraction of sp³-hybridized carbons (Fsp3) is 1.00. The van der Waals surface area contributed by atoms with Crippen LogP contribution in [0.4, 0.5) is 0 Å². The van der Waals surface area contributed by atoms with E-state index in [1.165, 1.54) is 12.8 Å². The summed E-state index contributed by atoms with van der Waals surface area (Å²) < 4.78 is 4.19. The van der Waals surface area contributed by atoms with Crippen LogP contribution in [0, 0.1) is 0 Å². The predicted molar refractivity (Wildman–Crippen MR) is 41.4 cm³/mol. The molecule has 1 fully saturated rings. The van der Waals surface area contributed by atoms with Crippen molar-refractivity contribution in [3.63, 3.8) is 0 Å². The van der Waals surface area contributed by atoms with Crippen LogP contribution in [0.5, 0.6) is 0 Å². The summed E-state index contributed by atoms with van der Waals surface area (Å²) in [4.78, 5) is 0. The average Bonchev–Trinajstić information content (AvgIpc) is 2.11. The van der Waals surface area contributed by atoms with Gasteiger partial charge in [0.05, 0.1) is 0 Å². The highest BCUT2D eigenvalue weighted by Crippen LogP contribution is 2.03. The van der Waals surface area contributed by atoms with Crippen molar-refractivity contribution in [3.05, 3.63) is 0 Å². The topological polar surface area (TPSA) is 9.23 Å². The molecule has 4 heteroatoms. The van der Waals surface area contributed by atoms with Crippen molar-refractivity contribution in [2.45, 2.75) is 17.1 Å². The minimum absolute atomic E-state index is 0.750. The van der Waals surface area contributed by atoms with Gasteiger partial charge in [0.15, 0.2) is 4.30 Å². The summed E-state index contributed by atoms with van der Waals surface area (Å²) in [5, 5.41) is 0. The third-order valence-electron chi connectivity index (χ3n) is 0.827. The van der Waals surface area contributed by atoms with Gasteiger partial charge in [0.2, 0.25) is 0 Å². The van der Waals surface area contributed by atoms with Crippen LogP contribution in [0.1, 0.15) is 12.8 Å². The van der Waals surface area contributed by atoms with Gasteiger partial charge < -0.3 is 4.74 Å². The molecular weight excluding hydrogens is 182 g/mol. The summed E-state index contributed by atoms with van der Waals surface area (Å²) in [6.45, 7) is 2.00. The lowest BCUT2D eigenvalue weighted by molar-refractivity contribution is 0.198. The second-order valence-electron chi connectivity index (χ2n) is 1.57. The summed E-state index contributed by atoms with van der Waals surface area (Å²) in [5.74, 6) is 0. The van der Waals surface area contributed by atoms with Gasteiger partial charge in [-0.2, -0.15) is 0 Å². The smallest absolute Gasteiger partial charge is 0.180 e. The number of halogens is 3. The second kappa shape index (κ2) is 6.94. The standard InChI is InChI=1S/C4H8O.CHCl3/c1-2-4-5-3-1;2-1(3)4/h1-4H2;1H. The third kappa shape index (κ3) is 12.1. The van der Waals surface area contributed by atoms with E-state index < -0.39 is 4.30 Å². The number of alkyl halides is 3. The monoisotopic (exact) mass is 190 g/mol. The van der Waals surface area contributed by atoms with Crippen LogP contribution in [0.15, 0.2) is 0 Å². The van der Waals surface area contributed by atoms with Gasteiger partial charge in [0.25, 0.3) is 0 Å². The van der Waals surface area contributed by atoms with Crippen LogP contribution in [-0.4, -0.2) is 17.5 Å². The third-order valence-corrected chi connectivity index (χ3v) is 0.827. The molecule has 0 atom stereocenters. The molecule has 9 heavy (non-hydrogen) atoms. The Morgan fingerprint density at radius 3 is 1.44 bits per heavy atom. The van der Waals surface area contributed by atoms with Gasteiger partial charge in [0, 0.05) is 13.2 Å². The molecule has 0 aromatic carbocycles. The maximum atomic E-state index is 4.94. The van der Waals surface area contributed by atoms with Crippen molar-refractivity contribution in [2.24, 2.45) is 0 Å². The minimum Gasteiger partial charge on any atom is -0.381 e. The molecule has 0 unspecified atom stereocenters. The lowest BCUT2D eigenvalue weighted by atomic mass is 10.4. The van der Waals surface area contributed by atoms with E-state index in [2.05, 4.69) is 0 Å². The van der Waals surface area contributed by atoms with E-state index in [9.17, 15) is 0 Å². The summed E-state index contributed by atoms with van der Waals surface area (Å²) in [6, 6.07) is 0. The molecular formula is C5H9Cl3O. The molecule has 1 aliphatic rings. The zero-order valence-corrected chi connectivity index (χ0v) is 7.22. The Balaban J connectivity index is 0.000000148. The molecule has 1 nitrogen and oxygen atoms in total. The number of rotatable bonds is 0. The molecule has 1 heterocycles. The van der Waals surface area contributed by atoms with Crippen LogP contribution in [-0.2, 0) is 4.74 Å². The number of ether oxygens (including phenoxy) is 1. The van der Waals surface area contributed by atoms with E-state index in [0.717, 1.165) is 13.2 Å². The van der Waals surface area contributed by atoms with Crippen molar-refractivity contribution in [2.75, 3.05) is 13.2 Å². The van der Waals surface area contributed by atoms with Crippen LogP contribution >= 0.6 is 34.8 Å². The fourth-order valence-corrected chi connectivity index (χ4v) is 0.510. The molecule has 56 valence electrons. The Labute approximate surface area is 70.2 Å². The van der Waals surface area contributed by atoms with E-state index in [0.29, 0.717) is 0 Å². The fourth-order valence-electron chi connectivity index (χ4n) is 0.510. The quantitative estimate of drug-likeness (QED) is 0.535. The Hall–Kier alpha value is 0.830. The number of hydrogen-bond acceptors (Lipinski definition) is 1. The van der Waals surface area contributed by atoms with E-state index in [1.54, 1.807) is 0 Å². The van der Waals surface area contributed by atoms with Gasteiger partial charge >= 0.3 is 0 Å². The molecule has 0 N–H and O–H groups in total. The minimum atomic E-state index is -0.750. The summed E-state index contributed by atoms with van der Waals surface area (Å²) in [5.41, 5.74) is 0. The lowest BCUT2D eigenvalue weighted by Crippen LogP contribution is -1.74. The molecule has 0 radical (unpaired) electrons. The Kier molecular flexibility index (Phi) is 7.58. The van der Waals surface area contributed by atoms with Crippen LogP contribution in [0.3, 0.4) is 0 Å². The lowest BCUT2D eigenvalue weighted by Gasteiger charge is -1.76. The van der Waals surface area contributed by atoms with E-state index in [1.807, 2.05) is 0 Å². The highest BCUT2D eigenvalue weighted by molar-refractivity contribution is 6.63. The Morgan fingerprint density at radius 2 is 1.33 bits per heavy atom. The molecule has 0 amide bonds. The Morgan fingerprint density at radius 1 is 1.00 bits per heavy atom. The maximum absolute atomic E-state index is 4.94. The number of hydrogen-bond donors (Lipinski definition) is 0. The molecule has 0 aliphatic carbocycles. The molecule has 0 aromatic heterocycles. The van der Waals surface area contributed by atoms with Gasteiger partial charge in [-0.05, 0) is 12.8 Å². The van der Waals surface area contributed by atoms with Gasteiger partial charge in [0.1, 0.15) is 0 Å². The van der Waals surface area contributed by atoms with Crippen molar-refractivity contribution < 1.29 is 4.74 Å². The first-order chi connectivity index (χ1) is 4.23. The first-order valence-electron chi connectivity index (χ1n) is 2.73. The SMILES string of the molecule is C1CCOC1.ClC(Cl)Cl. The average molecular weight is 191 g/mol. The summed E-state index contributed by atoms with van der Waals surface area (Å²) in [7, 11) is 0.